The number of halogens is 3. The average Bonchev–Trinajstić information content (AvgIpc) is 3.06. The minimum atomic E-state index is -4.34. The van der Waals surface area contributed by atoms with Gasteiger partial charge in [-0.2, -0.15) is 13.2 Å². The molecule has 2 aliphatic heterocycles. The van der Waals surface area contributed by atoms with Crippen molar-refractivity contribution in [2.24, 2.45) is 23.2 Å². The van der Waals surface area contributed by atoms with Crippen LogP contribution < -0.4 is 4.90 Å². The monoisotopic (exact) mass is 462 g/mol. The van der Waals surface area contributed by atoms with Crippen molar-refractivity contribution in [3.05, 3.63) is 41.5 Å². The van der Waals surface area contributed by atoms with Crippen LogP contribution in [-0.4, -0.2) is 49.7 Å². The predicted octanol–water partition coefficient (Wildman–Crippen LogP) is 5.14. The maximum atomic E-state index is 13.1. The van der Waals surface area contributed by atoms with Gasteiger partial charge in [0.1, 0.15) is 6.10 Å². The summed E-state index contributed by atoms with van der Waals surface area (Å²) >= 11 is 0. The van der Waals surface area contributed by atoms with Gasteiger partial charge in [-0.1, -0.05) is 38.0 Å². The van der Waals surface area contributed by atoms with Gasteiger partial charge in [-0.05, 0) is 48.8 Å². The number of benzene rings is 1. The lowest BCUT2D eigenvalue weighted by atomic mass is 9.59. The van der Waals surface area contributed by atoms with Gasteiger partial charge in [0.15, 0.2) is 0 Å². The molecular formula is C26H33F3N2O2. The molecule has 180 valence electrons. The summed E-state index contributed by atoms with van der Waals surface area (Å²) in [6.07, 6.45) is 2.58. The lowest BCUT2D eigenvalue weighted by Gasteiger charge is -2.46. The largest absolute Gasteiger partial charge is 0.461 e. The van der Waals surface area contributed by atoms with Crippen molar-refractivity contribution in [1.82, 2.24) is 4.90 Å². The summed E-state index contributed by atoms with van der Waals surface area (Å²) in [6, 6.07) is 5.54. The van der Waals surface area contributed by atoms with Crippen LogP contribution >= 0.6 is 0 Å². The summed E-state index contributed by atoms with van der Waals surface area (Å²) in [5.74, 6) is 0.470. The molecule has 7 heteroatoms. The minimum absolute atomic E-state index is 0.0204. The van der Waals surface area contributed by atoms with E-state index in [0.717, 1.165) is 25.6 Å². The summed E-state index contributed by atoms with van der Waals surface area (Å²) in [4.78, 5) is 17.1. The van der Waals surface area contributed by atoms with Crippen molar-refractivity contribution in [1.29, 1.82) is 0 Å². The van der Waals surface area contributed by atoms with Crippen LogP contribution in [0.15, 0.2) is 35.9 Å². The number of piperazine rings is 1. The number of nitrogens with zero attached hydrogens (tertiary/aromatic N) is 2. The molecule has 0 aromatic heterocycles. The van der Waals surface area contributed by atoms with Crippen molar-refractivity contribution in [2.45, 2.75) is 51.8 Å². The molecule has 0 bridgehead atoms. The first-order valence-electron chi connectivity index (χ1n) is 12.2. The molecule has 0 spiro atoms. The van der Waals surface area contributed by atoms with E-state index in [1.54, 1.807) is 6.07 Å². The second-order valence-electron chi connectivity index (χ2n) is 10.7. The van der Waals surface area contributed by atoms with Gasteiger partial charge in [-0.25, -0.2) is 0 Å². The predicted molar refractivity (Wildman–Crippen MR) is 121 cm³/mol. The topological polar surface area (TPSA) is 32.8 Å². The standard InChI is InChI=1S/C26H33F3N2O2/c1-17-5-4-8-25(2)15-23-20(14-22(17)25)21(24(32)33-23)16-30-9-11-31(12-10-30)19-7-3-6-18(13-19)26(27,28)29/h3,6-7,13-14,17,20-21,23H,4-5,8-12,15-16H2,1-2H3/t17-,20+,21?,23+,25+/m0/s1. The Labute approximate surface area is 193 Å². The third kappa shape index (κ3) is 4.29. The maximum absolute atomic E-state index is 13.1. The van der Waals surface area contributed by atoms with Crippen LogP contribution in [0.5, 0.6) is 0 Å². The van der Waals surface area contributed by atoms with E-state index in [-0.39, 0.29) is 29.3 Å². The molecular weight excluding hydrogens is 429 g/mol. The lowest BCUT2D eigenvalue weighted by Crippen LogP contribution is -2.49. The molecule has 2 aliphatic carbocycles. The smallest absolute Gasteiger partial charge is 0.416 e. The molecule has 1 aromatic carbocycles. The molecule has 5 rings (SSSR count). The first kappa shape index (κ1) is 22.8. The summed E-state index contributed by atoms with van der Waals surface area (Å²) in [5.41, 5.74) is 1.67. The molecule has 2 saturated heterocycles. The zero-order valence-electron chi connectivity index (χ0n) is 19.4. The molecule has 2 heterocycles. The number of ether oxygens (including phenoxy) is 1. The van der Waals surface area contributed by atoms with Crippen molar-refractivity contribution in [3.8, 4) is 0 Å². The molecule has 0 amide bonds. The molecule has 1 aromatic rings. The van der Waals surface area contributed by atoms with E-state index >= 15 is 0 Å². The molecule has 5 atom stereocenters. The molecule has 3 fully saturated rings. The third-order valence-corrected chi connectivity index (χ3v) is 8.45. The Balaban J connectivity index is 1.24. The van der Waals surface area contributed by atoms with E-state index < -0.39 is 11.7 Å². The van der Waals surface area contributed by atoms with Gasteiger partial charge in [0.2, 0.25) is 0 Å². The molecule has 0 N–H and O–H groups in total. The number of hydrogen-bond donors (Lipinski definition) is 0. The summed E-state index contributed by atoms with van der Waals surface area (Å²) in [5, 5.41) is 0. The third-order valence-electron chi connectivity index (χ3n) is 8.45. The zero-order chi connectivity index (χ0) is 23.4. The highest BCUT2D eigenvalue weighted by atomic mass is 19.4. The highest BCUT2D eigenvalue weighted by Gasteiger charge is 2.52. The number of alkyl halides is 3. The number of fused-ring (bicyclic) bond motifs is 2. The van der Waals surface area contributed by atoms with Crippen molar-refractivity contribution >= 4 is 11.7 Å². The number of carbonyl (C=O) groups excluding carboxylic acids is 1. The number of allylic oxidation sites excluding steroid dienone is 1. The number of esters is 1. The Morgan fingerprint density at radius 1 is 1.18 bits per heavy atom. The van der Waals surface area contributed by atoms with Crippen LogP contribution in [0.2, 0.25) is 0 Å². The van der Waals surface area contributed by atoms with Gasteiger partial charge in [0.25, 0.3) is 0 Å². The Morgan fingerprint density at radius 2 is 1.94 bits per heavy atom. The van der Waals surface area contributed by atoms with E-state index in [1.807, 2.05) is 4.90 Å². The lowest BCUT2D eigenvalue weighted by molar-refractivity contribution is -0.145. The van der Waals surface area contributed by atoms with E-state index in [9.17, 15) is 18.0 Å². The van der Waals surface area contributed by atoms with E-state index in [0.29, 0.717) is 31.2 Å². The summed E-state index contributed by atoms with van der Waals surface area (Å²) < 4.78 is 45.1. The molecule has 1 saturated carbocycles. The van der Waals surface area contributed by atoms with Crippen LogP contribution in [0.3, 0.4) is 0 Å². The molecule has 4 nitrogen and oxygen atoms in total. The van der Waals surface area contributed by atoms with Gasteiger partial charge in [-0.15, -0.1) is 0 Å². The summed E-state index contributed by atoms with van der Waals surface area (Å²) in [6.45, 7) is 8.04. The fraction of sp³-hybridized carbons (Fsp3) is 0.654. The Morgan fingerprint density at radius 3 is 2.67 bits per heavy atom. The van der Waals surface area contributed by atoms with Gasteiger partial charge in [-0.3, -0.25) is 9.69 Å². The molecule has 1 unspecified atom stereocenters. The van der Waals surface area contributed by atoms with Crippen LogP contribution in [-0.2, 0) is 15.7 Å². The fourth-order valence-corrected chi connectivity index (χ4v) is 6.60. The Hall–Kier alpha value is -2.02. The SMILES string of the molecule is C[C@H]1CCC[C@]2(C)C[C@H]3OC(=O)C(CN4CCN(c5cccc(C(F)(F)F)c5)CC4)[C@H]3C=C12. The number of hydrogen-bond acceptors (Lipinski definition) is 4. The van der Waals surface area contributed by atoms with Gasteiger partial charge < -0.3 is 9.64 Å². The average molecular weight is 463 g/mol. The molecule has 0 radical (unpaired) electrons. The summed E-state index contributed by atoms with van der Waals surface area (Å²) in [7, 11) is 0. The van der Waals surface area contributed by atoms with Crippen LogP contribution in [0.25, 0.3) is 0 Å². The second kappa shape index (κ2) is 8.33. The number of carbonyl (C=O) groups is 1. The number of rotatable bonds is 3. The normalized spacial score (nSPS) is 35.0. The fourth-order valence-electron chi connectivity index (χ4n) is 6.60. The molecule has 33 heavy (non-hydrogen) atoms. The second-order valence-corrected chi connectivity index (χ2v) is 10.7. The van der Waals surface area contributed by atoms with Crippen molar-refractivity contribution in [2.75, 3.05) is 37.6 Å². The Kier molecular flexibility index (Phi) is 5.74. The first-order chi connectivity index (χ1) is 15.6. The van der Waals surface area contributed by atoms with Crippen molar-refractivity contribution in [3.63, 3.8) is 0 Å². The minimum Gasteiger partial charge on any atom is -0.461 e. The Bertz CT molecular complexity index is 938. The van der Waals surface area contributed by atoms with E-state index in [2.05, 4.69) is 24.8 Å². The van der Waals surface area contributed by atoms with Crippen LogP contribution in [0.1, 0.15) is 45.1 Å². The van der Waals surface area contributed by atoms with Crippen molar-refractivity contribution < 1.29 is 22.7 Å². The molecule has 4 aliphatic rings. The van der Waals surface area contributed by atoms with E-state index in [4.69, 9.17) is 4.74 Å². The quantitative estimate of drug-likeness (QED) is 0.460. The maximum Gasteiger partial charge on any atom is 0.416 e. The van der Waals surface area contributed by atoms with Gasteiger partial charge in [0, 0.05) is 44.3 Å². The van der Waals surface area contributed by atoms with E-state index in [1.165, 1.54) is 37.0 Å². The highest BCUT2D eigenvalue weighted by molar-refractivity contribution is 5.76. The zero-order valence-corrected chi connectivity index (χ0v) is 19.4. The highest BCUT2D eigenvalue weighted by Crippen LogP contribution is 2.54. The first-order valence-corrected chi connectivity index (χ1v) is 12.2. The van der Waals surface area contributed by atoms with Crippen LogP contribution in [0.4, 0.5) is 18.9 Å². The van der Waals surface area contributed by atoms with Crippen LogP contribution in [0, 0.1) is 23.2 Å². The van der Waals surface area contributed by atoms with Gasteiger partial charge >= 0.3 is 12.1 Å². The number of anilines is 1. The van der Waals surface area contributed by atoms with Gasteiger partial charge in [0.05, 0.1) is 11.5 Å².